The van der Waals surface area contributed by atoms with Crippen LogP contribution in [0.4, 0.5) is 0 Å². The summed E-state index contributed by atoms with van der Waals surface area (Å²) in [7, 11) is 0. The predicted molar refractivity (Wildman–Crippen MR) is 66.9 cm³/mol. The van der Waals surface area contributed by atoms with Crippen LogP contribution in [0.25, 0.3) is 0 Å². The standard InChI is InChI=1S/C12H21N3O3/c1-12(2,3)18-5-4-17-11(16)10(13)6-9-7-14-8-15-9/h7-8,10H,4-6,13H2,1-3H3,(H,14,15)/t10-/m0/s1. The molecule has 3 N–H and O–H groups in total. The Labute approximate surface area is 107 Å². The first-order valence-electron chi connectivity index (χ1n) is 5.92. The highest BCUT2D eigenvalue weighted by Gasteiger charge is 2.17. The minimum Gasteiger partial charge on any atom is -0.462 e. The van der Waals surface area contributed by atoms with E-state index in [0.29, 0.717) is 13.0 Å². The zero-order valence-electron chi connectivity index (χ0n) is 11.1. The van der Waals surface area contributed by atoms with Gasteiger partial charge in [-0.1, -0.05) is 0 Å². The molecule has 6 heteroatoms. The number of aromatic nitrogens is 2. The molecular formula is C12H21N3O3. The van der Waals surface area contributed by atoms with Gasteiger partial charge in [-0.05, 0) is 20.8 Å². The Morgan fingerprint density at radius 3 is 2.78 bits per heavy atom. The highest BCUT2D eigenvalue weighted by Crippen LogP contribution is 2.06. The molecule has 1 rings (SSSR count). The molecule has 1 atom stereocenters. The molecule has 0 saturated carbocycles. The lowest BCUT2D eigenvalue weighted by atomic mass is 10.2. The molecule has 0 amide bonds. The third kappa shape index (κ3) is 5.79. The fourth-order valence-electron chi connectivity index (χ4n) is 1.31. The van der Waals surface area contributed by atoms with Crippen LogP contribution in [-0.4, -0.2) is 40.8 Å². The third-order valence-corrected chi connectivity index (χ3v) is 2.16. The number of hydrogen-bond acceptors (Lipinski definition) is 5. The zero-order chi connectivity index (χ0) is 13.6. The molecule has 0 aliphatic rings. The van der Waals surface area contributed by atoms with Crippen molar-refractivity contribution < 1.29 is 14.3 Å². The van der Waals surface area contributed by atoms with Gasteiger partial charge in [-0.15, -0.1) is 0 Å². The molecule has 18 heavy (non-hydrogen) atoms. The second-order valence-corrected chi connectivity index (χ2v) is 5.02. The lowest BCUT2D eigenvalue weighted by Crippen LogP contribution is -2.35. The Morgan fingerprint density at radius 2 is 2.22 bits per heavy atom. The Bertz CT molecular complexity index is 357. The predicted octanol–water partition coefficient (Wildman–Crippen LogP) is 0.638. The molecule has 6 nitrogen and oxygen atoms in total. The van der Waals surface area contributed by atoms with Crippen LogP contribution >= 0.6 is 0 Å². The minimum absolute atomic E-state index is 0.215. The SMILES string of the molecule is CC(C)(C)OCCOC(=O)[C@@H](N)Cc1cnc[nH]1. The first kappa shape index (κ1) is 14.7. The number of rotatable bonds is 6. The molecule has 0 spiro atoms. The van der Waals surface area contributed by atoms with Crippen molar-refractivity contribution in [2.75, 3.05) is 13.2 Å². The number of carbonyl (C=O) groups is 1. The van der Waals surface area contributed by atoms with Crippen molar-refractivity contribution in [1.82, 2.24) is 9.97 Å². The number of nitrogens with one attached hydrogen (secondary N) is 1. The van der Waals surface area contributed by atoms with Gasteiger partial charge in [-0.3, -0.25) is 4.79 Å². The summed E-state index contributed by atoms with van der Waals surface area (Å²) >= 11 is 0. The monoisotopic (exact) mass is 255 g/mol. The molecule has 1 aromatic heterocycles. The van der Waals surface area contributed by atoms with E-state index in [9.17, 15) is 4.79 Å². The molecule has 1 heterocycles. The van der Waals surface area contributed by atoms with Crippen LogP contribution in [-0.2, 0) is 20.7 Å². The first-order valence-corrected chi connectivity index (χ1v) is 5.92. The molecule has 0 fully saturated rings. The summed E-state index contributed by atoms with van der Waals surface area (Å²) in [5.41, 5.74) is 6.29. The Kier molecular flexibility index (Phi) is 5.30. The fourth-order valence-corrected chi connectivity index (χ4v) is 1.31. The Morgan fingerprint density at radius 1 is 1.50 bits per heavy atom. The van der Waals surface area contributed by atoms with Crippen molar-refractivity contribution in [1.29, 1.82) is 0 Å². The lowest BCUT2D eigenvalue weighted by Gasteiger charge is -2.19. The normalized spacial score (nSPS) is 13.3. The minimum atomic E-state index is -0.680. The maximum Gasteiger partial charge on any atom is 0.323 e. The smallest absolute Gasteiger partial charge is 0.323 e. The Hall–Kier alpha value is -1.40. The topological polar surface area (TPSA) is 90.2 Å². The molecule has 0 aliphatic heterocycles. The van der Waals surface area contributed by atoms with E-state index in [1.165, 1.54) is 0 Å². The second-order valence-electron chi connectivity index (χ2n) is 5.02. The number of ether oxygens (including phenoxy) is 2. The number of esters is 1. The molecule has 0 radical (unpaired) electrons. The maximum absolute atomic E-state index is 11.6. The van der Waals surface area contributed by atoms with E-state index >= 15 is 0 Å². The quantitative estimate of drug-likeness (QED) is 0.575. The highest BCUT2D eigenvalue weighted by atomic mass is 16.6. The highest BCUT2D eigenvalue weighted by molar-refractivity contribution is 5.75. The van der Waals surface area contributed by atoms with E-state index in [1.54, 1.807) is 12.5 Å². The molecule has 1 aromatic rings. The third-order valence-electron chi connectivity index (χ3n) is 2.16. The van der Waals surface area contributed by atoms with Crippen molar-refractivity contribution in [2.24, 2.45) is 5.73 Å². The van der Waals surface area contributed by atoms with Gasteiger partial charge in [0.25, 0.3) is 0 Å². The molecular weight excluding hydrogens is 234 g/mol. The molecule has 102 valence electrons. The van der Waals surface area contributed by atoms with Crippen LogP contribution < -0.4 is 5.73 Å². The van der Waals surface area contributed by atoms with Crippen LogP contribution in [0.1, 0.15) is 26.5 Å². The van der Waals surface area contributed by atoms with Crippen molar-refractivity contribution in [3.63, 3.8) is 0 Å². The van der Waals surface area contributed by atoms with E-state index in [1.807, 2.05) is 20.8 Å². The van der Waals surface area contributed by atoms with Crippen LogP contribution in [0.5, 0.6) is 0 Å². The molecule has 0 saturated heterocycles. The average molecular weight is 255 g/mol. The van der Waals surface area contributed by atoms with E-state index in [2.05, 4.69) is 9.97 Å². The van der Waals surface area contributed by atoms with Gasteiger partial charge < -0.3 is 20.2 Å². The number of hydrogen-bond donors (Lipinski definition) is 2. The maximum atomic E-state index is 11.6. The summed E-state index contributed by atoms with van der Waals surface area (Å²) in [5, 5.41) is 0. The van der Waals surface area contributed by atoms with Crippen molar-refractivity contribution in [3.05, 3.63) is 18.2 Å². The van der Waals surface area contributed by atoms with Gasteiger partial charge in [0.1, 0.15) is 12.6 Å². The van der Waals surface area contributed by atoms with Crippen LogP contribution in [0.15, 0.2) is 12.5 Å². The van der Waals surface area contributed by atoms with E-state index in [-0.39, 0.29) is 12.2 Å². The summed E-state index contributed by atoms with van der Waals surface area (Å²) in [6.45, 7) is 6.41. The van der Waals surface area contributed by atoms with Gasteiger partial charge in [0.15, 0.2) is 0 Å². The molecule has 0 aromatic carbocycles. The van der Waals surface area contributed by atoms with Crippen LogP contribution in [0, 0.1) is 0 Å². The number of aromatic amines is 1. The fraction of sp³-hybridized carbons (Fsp3) is 0.667. The summed E-state index contributed by atoms with van der Waals surface area (Å²) < 4.78 is 10.5. The van der Waals surface area contributed by atoms with E-state index in [4.69, 9.17) is 15.2 Å². The van der Waals surface area contributed by atoms with Crippen LogP contribution in [0.2, 0.25) is 0 Å². The van der Waals surface area contributed by atoms with Crippen molar-refractivity contribution >= 4 is 5.97 Å². The number of H-pyrrole nitrogens is 1. The first-order chi connectivity index (χ1) is 8.38. The van der Waals surface area contributed by atoms with E-state index < -0.39 is 12.0 Å². The average Bonchev–Trinajstić information content (AvgIpc) is 2.75. The van der Waals surface area contributed by atoms with Gasteiger partial charge in [0, 0.05) is 18.3 Å². The van der Waals surface area contributed by atoms with Gasteiger partial charge >= 0.3 is 5.97 Å². The van der Waals surface area contributed by atoms with E-state index in [0.717, 1.165) is 5.69 Å². The molecule has 0 bridgehead atoms. The number of nitrogens with two attached hydrogens (primary N) is 1. The summed E-state index contributed by atoms with van der Waals surface area (Å²) in [5.74, 6) is -0.429. The Balaban J connectivity index is 2.20. The van der Waals surface area contributed by atoms with Gasteiger partial charge in [-0.2, -0.15) is 0 Å². The van der Waals surface area contributed by atoms with Crippen molar-refractivity contribution in [3.8, 4) is 0 Å². The van der Waals surface area contributed by atoms with Gasteiger partial charge in [-0.25, -0.2) is 4.98 Å². The number of nitrogens with zero attached hydrogens (tertiary/aromatic N) is 1. The second kappa shape index (κ2) is 6.51. The summed E-state index contributed by atoms with van der Waals surface area (Å²) in [6, 6.07) is -0.680. The summed E-state index contributed by atoms with van der Waals surface area (Å²) in [4.78, 5) is 18.3. The number of imidazole rings is 1. The molecule has 0 aliphatic carbocycles. The van der Waals surface area contributed by atoms with Crippen molar-refractivity contribution in [2.45, 2.75) is 38.8 Å². The number of carbonyl (C=O) groups excluding carboxylic acids is 1. The van der Waals surface area contributed by atoms with Crippen LogP contribution in [0.3, 0.4) is 0 Å². The zero-order valence-corrected chi connectivity index (χ0v) is 11.1. The van der Waals surface area contributed by atoms with Gasteiger partial charge in [0.2, 0.25) is 0 Å². The largest absolute Gasteiger partial charge is 0.462 e. The lowest BCUT2D eigenvalue weighted by molar-refractivity contribution is -0.148. The summed E-state index contributed by atoms with van der Waals surface area (Å²) in [6.07, 6.45) is 3.57. The molecule has 0 unspecified atom stereocenters. The van der Waals surface area contributed by atoms with Gasteiger partial charge in [0.05, 0.1) is 18.5 Å².